The molecule has 0 aromatic carbocycles. The molecule has 0 saturated carbocycles. The topological polar surface area (TPSA) is 297 Å². The van der Waals surface area contributed by atoms with Crippen LogP contribution in [0.2, 0.25) is 0 Å². The average Bonchev–Trinajstić information content (AvgIpc) is 2.87. The zero-order valence-corrected chi connectivity index (χ0v) is 23.0. The predicted octanol–water partition coefficient (Wildman–Crippen LogP) is -3.81. The van der Waals surface area contributed by atoms with Crippen molar-refractivity contribution in [1.82, 2.24) is 21.3 Å². The van der Waals surface area contributed by atoms with Gasteiger partial charge in [-0.25, -0.2) is 4.79 Å². The number of carbonyl (C=O) groups excluding carboxylic acids is 5. The molecule has 5 unspecified atom stereocenters. The predicted molar refractivity (Wildman–Crippen MR) is 143 cm³/mol. The lowest BCUT2D eigenvalue weighted by molar-refractivity contribution is -0.143. The Morgan fingerprint density at radius 1 is 0.575 bits per heavy atom. The number of hydrogen-bond donors (Lipinski definition) is 11. The molecule has 0 aromatic rings. The summed E-state index contributed by atoms with van der Waals surface area (Å²) in [4.78, 5) is 94.6. The van der Waals surface area contributed by atoms with Crippen LogP contribution in [0, 0.1) is 0 Å². The molecule has 0 radical (unpaired) electrons. The molecule has 11 N–H and O–H groups in total. The summed E-state index contributed by atoms with van der Waals surface area (Å²) in [7, 11) is 0. The second-order valence-corrected chi connectivity index (χ2v) is 9.15. The van der Waals surface area contributed by atoms with Crippen molar-refractivity contribution in [3.8, 4) is 0 Å². The lowest BCUT2D eigenvalue weighted by Crippen LogP contribution is -2.59. The quantitative estimate of drug-likeness (QED) is 0.0591. The highest BCUT2D eigenvalue weighted by Gasteiger charge is 2.31. The van der Waals surface area contributed by atoms with Gasteiger partial charge in [0.1, 0.15) is 24.2 Å². The maximum Gasteiger partial charge on any atom is 0.326 e. The van der Waals surface area contributed by atoms with Crippen LogP contribution >= 0.6 is 25.3 Å². The molecule has 0 bridgehead atoms. The van der Waals surface area contributed by atoms with Gasteiger partial charge < -0.3 is 48.1 Å². The first-order chi connectivity index (χ1) is 18.6. The summed E-state index contributed by atoms with van der Waals surface area (Å²) in [5.41, 5.74) is 10.8. The number of carboxylic acids is 3. The Kier molecular flexibility index (Phi) is 17.0. The second kappa shape index (κ2) is 18.7. The van der Waals surface area contributed by atoms with Gasteiger partial charge in [0, 0.05) is 30.8 Å². The Morgan fingerprint density at radius 2 is 0.950 bits per heavy atom. The molecule has 5 atom stereocenters. The number of carboxylic acid groups (broad SMARTS) is 3. The molecule has 0 heterocycles. The van der Waals surface area contributed by atoms with E-state index in [1.807, 2.05) is 0 Å². The molecule has 226 valence electrons. The highest BCUT2D eigenvalue weighted by molar-refractivity contribution is 7.80. The summed E-state index contributed by atoms with van der Waals surface area (Å²) in [6.07, 6.45) is -2.28. The van der Waals surface area contributed by atoms with Gasteiger partial charge in [-0.05, 0) is 19.3 Å². The summed E-state index contributed by atoms with van der Waals surface area (Å²) in [6.45, 7) is 0. The lowest BCUT2D eigenvalue weighted by Gasteiger charge is -2.25. The minimum Gasteiger partial charge on any atom is -0.481 e. The van der Waals surface area contributed by atoms with Gasteiger partial charge >= 0.3 is 17.9 Å². The van der Waals surface area contributed by atoms with E-state index in [0.717, 1.165) is 0 Å². The third-order valence-corrected chi connectivity index (χ3v) is 5.94. The number of amides is 5. The van der Waals surface area contributed by atoms with Gasteiger partial charge in [-0.3, -0.25) is 33.6 Å². The number of rotatable bonds is 20. The number of carbonyl (C=O) groups is 8. The first kappa shape index (κ1) is 36.4. The fraction of sp³-hybridized carbons (Fsp3) is 0.619. The van der Waals surface area contributed by atoms with E-state index in [-0.39, 0.29) is 30.8 Å². The maximum atomic E-state index is 12.9. The Balaban J connectivity index is 5.50. The molecule has 40 heavy (non-hydrogen) atoms. The zero-order chi connectivity index (χ0) is 31.0. The summed E-state index contributed by atoms with van der Waals surface area (Å²) in [5, 5.41) is 35.6. The minimum absolute atomic E-state index is 0.210. The molecule has 17 nitrogen and oxygen atoms in total. The van der Waals surface area contributed by atoms with Crippen molar-refractivity contribution in [3.05, 3.63) is 0 Å². The average molecular weight is 611 g/mol. The highest BCUT2D eigenvalue weighted by Crippen LogP contribution is 2.04. The molecular weight excluding hydrogens is 576 g/mol. The number of hydrogen-bond acceptors (Lipinski definition) is 11. The third kappa shape index (κ3) is 14.5. The van der Waals surface area contributed by atoms with Crippen molar-refractivity contribution in [2.75, 3.05) is 11.5 Å². The Hall–Kier alpha value is -3.58. The highest BCUT2D eigenvalue weighted by atomic mass is 32.1. The molecule has 0 rings (SSSR count). The van der Waals surface area contributed by atoms with Crippen LogP contribution in [-0.4, -0.2) is 104 Å². The lowest BCUT2D eigenvalue weighted by atomic mass is 10.1. The van der Waals surface area contributed by atoms with Crippen molar-refractivity contribution < 1.29 is 53.7 Å². The van der Waals surface area contributed by atoms with Crippen LogP contribution in [-0.2, 0) is 38.4 Å². The van der Waals surface area contributed by atoms with Gasteiger partial charge in [-0.15, -0.1) is 0 Å². The first-order valence-corrected chi connectivity index (χ1v) is 13.0. The Morgan fingerprint density at radius 3 is 1.38 bits per heavy atom. The second-order valence-electron chi connectivity index (χ2n) is 8.42. The first-order valence-electron chi connectivity index (χ1n) is 11.8. The van der Waals surface area contributed by atoms with E-state index >= 15 is 0 Å². The SMILES string of the molecule is NC(=O)CCC(NC(=O)C(CS)NC(=O)C(N)CCC(=O)O)C(=O)NC(CS)C(=O)NC(CCC(=O)O)C(=O)O. The van der Waals surface area contributed by atoms with Crippen molar-refractivity contribution in [2.24, 2.45) is 11.5 Å². The molecule has 19 heteroatoms. The van der Waals surface area contributed by atoms with Gasteiger partial charge in [0.2, 0.25) is 29.5 Å². The standard InChI is InChI=1S/C21H34N6O11S2/c22-9(1-5-15(29)30)17(33)26-12(7-39)19(35)24-10(2-4-14(23)28)18(34)27-13(8-40)20(36)25-11(21(37)38)3-6-16(31)32/h9-13,39-40H,1-8,22H2,(H2,23,28)(H,24,35)(H,25,36)(H,26,33)(H,27,34)(H,29,30)(H,31,32)(H,37,38). The van der Waals surface area contributed by atoms with Crippen LogP contribution in [0.3, 0.4) is 0 Å². The molecule has 0 aliphatic heterocycles. The van der Waals surface area contributed by atoms with E-state index in [0.29, 0.717) is 0 Å². The maximum absolute atomic E-state index is 12.9. The Labute approximate surface area is 239 Å². The summed E-state index contributed by atoms with van der Waals surface area (Å²) < 4.78 is 0. The van der Waals surface area contributed by atoms with Crippen LogP contribution < -0.4 is 32.7 Å². The van der Waals surface area contributed by atoms with Gasteiger partial charge in [-0.1, -0.05) is 0 Å². The zero-order valence-electron chi connectivity index (χ0n) is 21.2. The number of nitrogens with two attached hydrogens (primary N) is 2. The van der Waals surface area contributed by atoms with Gasteiger partial charge in [0.05, 0.1) is 6.04 Å². The molecular formula is C21H34N6O11S2. The van der Waals surface area contributed by atoms with Crippen molar-refractivity contribution in [1.29, 1.82) is 0 Å². The number of nitrogens with one attached hydrogen (secondary N) is 4. The summed E-state index contributed by atoms with van der Waals surface area (Å²) >= 11 is 7.95. The van der Waals surface area contributed by atoms with E-state index in [1.54, 1.807) is 0 Å². The van der Waals surface area contributed by atoms with Crippen LogP contribution in [0.25, 0.3) is 0 Å². The van der Waals surface area contributed by atoms with E-state index in [2.05, 4.69) is 46.5 Å². The number of aliphatic carboxylic acids is 3. The molecule has 0 aliphatic carbocycles. The summed E-state index contributed by atoms with van der Waals surface area (Å²) in [6, 6.07) is -7.04. The van der Waals surface area contributed by atoms with Gasteiger partial charge in [0.15, 0.2) is 0 Å². The molecule has 0 saturated heterocycles. The minimum atomic E-state index is -1.57. The van der Waals surface area contributed by atoms with Gasteiger partial charge in [-0.2, -0.15) is 25.3 Å². The molecule has 0 fully saturated rings. The Bertz CT molecular complexity index is 967. The van der Waals surface area contributed by atoms with E-state index in [9.17, 15) is 43.5 Å². The van der Waals surface area contributed by atoms with Crippen molar-refractivity contribution >= 4 is 72.7 Å². The van der Waals surface area contributed by atoms with Crippen molar-refractivity contribution in [3.63, 3.8) is 0 Å². The third-order valence-electron chi connectivity index (χ3n) is 5.21. The van der Waals surface area contributed by atoms with E-state index in [1.165, 1.54) is 0 Å². The molecule has 5 amide bonds. The van der Waals surface area contributed by atoms with Crippen LogP contribution in [0.15, 0.2) is 0 Å². The monoisotopic (exact) mass is 610 g/mol. The number of thiol groups is 2. The largest absolute Gasteiger partial charge is 0.481 e. The molecule has 0 aliphatic rings. The van der Waals surface area contributed by atoms with E-state index < -0.39 is 96.9 Å². The van der Waals surface area contributed by atoms with Crippen LogP contribution in [0.4, 0.5) is 0 Å². The van der Waals surface area contributed by atoms with E-state index in [4.69, 9.17) is 21.7 Å². The van der Waals surface area contributed by atoms with Crippen LogP contribution in [0.1, 0.15) is 38.5 Å². The number of primary amides is 1. The fourth-order valence-corrected chi connectivity index (χ4v) is 3.49. The molecule has 0 spiro atoms. The fourth-order valence-electron chi connectivity index (χ4n) is 2.97. The smallest absolute Gasteiger partial charge is 0.326 e. The summed E-state index contributed by atoms with van der Waals surface area (Å²) in [5.74, 6) is -9.14. The van der Waals surface area contributed by atoms with Crippen molar-refractivity contribution in [2.45, 2.75) is 68.7 Å². The van der Waals surface area contributed by atoms with Crippen LogP contribution in [0.5, 0.6) is 0 Å². The normalized spacial score (nSPS) is 14.4. The van der Waals surface area contributed by atoms with Gasteiger partial charge in [0.25, 0.3) is 0 Å². The molecule has 0 aromatic heterocycles.